The van der Waals surface area contributed by atoms with Crippen molar-refractivity contribution in [1.82, 2.24) is 4.98 Å². The van der Waals surface area contributed by atoms with Crippen molar-refractivity contribution in [2.24, 2.45) is 0 Å². The Kier molecular flexibility index (Phi) is 3.90. The maximum Gasteiger partial charge on any atom is 0.330 e. The number of ether oxygens (including phenoxy) is 1. The van der Waals surface area contributed by atoms with Crippen molar-refractivity contribution in [2.75, 3.05) is 6.61 Å². The fraction of sp³-hybridized carbons (Fsp3) is 0.200. The van der Waals surface area contributed by atoms with E-state index in [1.54, 1.807) is 13.1 Å². The van der Waals surface area contributed by atoms with Gasteiger partial charge in [-0.3, -0.25) is 4.98 Å². The summed E-state index contributed by atoms with van der Waals surface area (Å²) in [6.07, 6.45) is 4.47. The standard InChI is InChI=1S/C15H14FNO2/c1-3-19-14(18)5-4-11-8-12(16)9-13-10(2)6-7-17-15(11)13/h4-9H,3H2,1-2H3/b5-4+. The number of carbonyl (C=O) groups is 1. The quantitative estimate of drug-likeness (QED) is 0.627. The van der Waals surface area contributed by atoms with Crippen LogP contribution in [0.15, 0.2) is 30.5 Å². The van der Waals surface area contributed by atoms with E-state index in [0.29, 0.717) is 17.7 Å². The van der Waals surface area contributed by atoms with Crippen LogP contribution in [0, 0.1) is 12.7 Å². The zero-order chi connectivity index (χ0) is 13.8. The zero-order valence-corrected chi connectivity index (χ0v) is 10.8. The molecule has 0 fully saturated rings. The van der Waals surface area contributed by atoms with Crippen LogP contribution in [-0.2, 0) is 9.53 Å². The molecule has 98 valence electrons. The predicted octanol–water partition coefficient (Wildman–Crippen LogP) is 3.26. The molecule has 3 nitrogen and oxygen atoms in total. The highest BCUT2D eigenvalue weighted by atomic mass is 19.1. The number of aromatic nitrogens is 1. The lowest BCUT2D eigenvalue weighted by Crippen LogP contribution is -1.98. The molecule has 0 saturated heterocycles. The first kappa shape index (κ1) is 13.2. The molecule has 2 rings (SSSR count). The van der Waals surface area contributed by atoms with Crippen LogP contribution in [0.4, 0.5) is 4.39 Å². The Labute approximate surface area is 110 Å². The molecule has 2 aromatic rings. The molecule has 19 heavy (non-hydrogen) atoms. The van der Waals surface area contributed by atoms with E-state index in [2.05, 4.69) is 4.98 Å². The number of benzene rings is 1. The molecule has 1 heterocycles. The predicted molar refractivity (Wildman–Crippen MR) is 72.1 cm³/mol. The van der Waals surface area contributed by atoms with E-state index < -0.39 is 5.97 Å². The lowest BCUT2D eigenvalue weighted by atomic mass is 10.1. The van der Waals surface area contributed by atoms with E-state index in [1.807, 2.05) is 13.0 Å². The van der Waals surface area contributed by atoms with Gasteiger partial charge in [-0.05, 0) is 43.7 Å². The first-order valence-electron chi connectivity index (χ1n) is 6.01. The molecule has 0 amide bonds. The van der Waals surface area contributed by atoms with Gasteiger partial charge < -0.3 is 4.74 Å². The van der Waals surface area contributed by atoms with Gasteiger partial charge in [-0.25, -0.2) is 9.18 Å². The molecule has 0 aliphatic rings. The maximum atomic E-state index is 13.6. The smallest absolute Gasteiger partial charge is 0.330 e. The number of carbonyl (C=O) groups excluding carboxylic acids is 1. The maximum absolute atomic E-state index is 13.6. The summed E-state index contributed by atoms with van der Waals surface area (Å²) in [4.78, 5) is 15.5. The van der Waals surface area contributed by atoms with Crippen molar-refractivity contribution in [3.05, 3.63) is 47.4 Å². The third-order valence-electron chi connectivity index (χ3n) is 2.74. The summed E-state index contributed by atoms with van der Waals surface area (Å²) < 4.78 is 18.4. The molecule has 0 unspecified atom stereocenters. The second kappa shape index (κ2) is 5.61. The van der Waals surface area contributed by atoms with Gasteiger partial charge in [0.05, 0.1) is 12.1 Å². The summed E-state index contributed by atoms with van der Waals surface area (Å²) in [7, 11) is 0. The second-order valence-electron chi connectivity index (χ2n) is 4.10. The van der Waals surface area contributed by atoms with Gasteiger partial charge in [0.15, 0.2) is 0 Å². The average Bonchev–Trinajstić information content (AvgIpc) is 2.37. The molecule has 1 aromatic heterocycles. The first-order chi connectivity index (χ1) is 9.11. The van der Waals surface area contributed by atoms with Crippen molar-refractivity contribution < 1.29 is 13.9 Å². The molecule has 0 aliphatic carbocycles. The van der Waals surface area contributed by atoms with E-state index in [-0.39, 0.29) is 5.82 Å². The van der Waals surface area contributed by atoms with Gasteiger partial charge in [0, 0.05) is 23.2 Å². The molecule has 0 spiro atoms. The summed E-state index contributed by atoms with van der Waals surface area (Å²) in [5, 5.41) is 0.742. The number of pyridine rings is 1. The minimum atomic E-state index is -0.451. The van der Waals surface area contributed by atoms with Crippen molar-refractivity contribution in [2.45, 2.75) is 13.8 Å². The van der Waals surface area contributed by atoms with Gasteiger partial charge >= 0.3 is 5.97 Å². The fourth-order valence-electron chi connectivity index (χ4n) is 1.85. The summed E-state index contributed by atoms with van der Waals surface area (Å²) in [5.74, 6) is -0.806. The van der Waals surface area contributed by atoms with Crippen LogP contribution in [0.2, 0.25) is 0 Å². The molecular formula is C15H14FNO2. The molecule has 0 radical (unpaired) electrons. The Hall–Kier alpha value is -2.23. The molecule has 1 aromatic carbocycles. The second-order valence-corrected chi connectivity index (χ2v) is 4.10. The molecule has 0 atom stereocenters. The number of esters is 1. The Morgan fingerprint density at radius 3 is 3.00 bits per heavy atom. The number of aryl methyl sites for hydroxylation is 1. The zero-order valence-electron chi connectivity index (χ0n) is 10.8. The molecule has 0 N–H and O–H groups in total. The third-order valence-corrected chi connectivity index (χ3v) is 2.74. The summed E-state index contributed by atoms with van der Waals surface area (Å²) in [6.45, 7) is 3.93. The van der Waals surface area contributed by atoms with Crippen LogP contribution >= 0.6 is 0 Å². The van der Waals surface area contributed by atoms with E-state index in [9.17, 15) is 9.18 Å². The Bertz CT molecular complexity index is 650. The van der Waals surface area contributed by atoms with Crippen molar-refractivity contribution in [1.29, 1.82) is 0 Å². The number of hydrogen-bond donors (Lipinski definition) is 0. The Balaban J connectivity index is 2.48. The molecule has 0 bridgehead atoms. The van der Waals surface area contributed by atoms with E-state index in [4.69, 9.17) is 4.74 Å². The lowest BCUT2D eigenvalue weighted by molar-refractivity contribution is -0.137. The van der Waals surface area contributed by atoms with Crippen molar-refractivity contribution >= 4 is 22.9 Å². The highest BCUT2D eigenvalue weighted by molar-refractivity contribution is 5.94. The van der Waals surface area contributed by atoms with Crippen LogP contribution in [0.25, 0.3) is 17.0 Å². The van der Waals surface area contributed by atoms with Crippen LogP contribution in [-0.4, -0.2) is 17.6 Å². The summed E-state index contributed by atoms with van der Waals surface area (Å²) in [6, 6.07) is 4.62. The number of rotatable bonds is 3. The van der Waals surface area contributed by atoms with Crippen LogP contribution in [0.5, 0.6) is 0 Å². The van der Waals surface area contributed by atoms with E-state index in [1.165, 1.54) is 24.3 Å². The number of nitrogens with zero attached hydrogens (tertiary/aromatic N) is 1. The van der Waals surface area contributed by atoms with Gasteiger partial charge in [0.1, 0.15) is 5.82 Å². The normalized spacial score (nSPS) is 11.1. The van der Waals surface area contributed by atoms with Gasteiger partial charge in [0.2, 0.25) is 0 Å². The minimum absolute atomic E-state index is 0.310. The molecule has 0 aliphatic heterocycles. The average molecular weight is 259 g/mol. The molecule has 0 saturated carbocycles. The minimum Gasteiger partial charge on any atom is -0.463 e. The van der Waals surface area contributed by atoms with E-state index in [0.717, 1.165) is 10.9 Å². The summed E-state index contributed by atoms with van der Waals surface area (Å²) >= 11 is 0. The monoisotopic (exact) mass is 259 g/mol. The topological polar surface area (TPSA) is 39.2 Å². The Morgan fingerprint density at radius 1 is 1.47 bits per heavy atom. The Morgan fingerprint density at radius 2 is 2.26 bits per heavy atom. The first-order valence-corrected chi connectivity index (χ1v) is 6.01. The number of halogens is 1. The van der Waals surface area contributed by atoms with Gasteiger partial charge in [0.25, 0.3) is 0 Å². The van der Waals surface area contributed by atoms with Crippen LogP contribution in [0.1, 0.15) is 18.1 Å². The third kappa shape index (κ3) is 2.96. The summed E-state index contributed by atoms with van der Waals surface area (Å²) in [5.41, 5.74) is 2.17. The molecular weight excluding hydrogens is 245 g/mol. The van der Waals surface area contributed by atoms with Crippen LogP contribution in [0.3, 0.4) is 0 Å². The fourth-order valence-corrected chi connectivity index (χ4v) is 1.85. The SMILES string of the molecule is CCOC(=O)/C=C/c1cc(F)cc2c(C)ccnc12. The van der Waals surface area contributed by atoms with Crippen molar-refractivity contribution in [3.63, 3.8) is 0 Å². The highest BCUT2D eigenvalue weighted by Gasteiger charge is 2.06. The van der Waals surface area contributed by atoms with Crippen LogP contribution < -0.4 is 0 Å². The lowest BCUT2D eigenvalue weighted by Gasteiger charge is -2.05. The van der Waals surface area contributed by atoms with Gasteiger partial charge in [-0.15, -0.1) is 0 Å². The van der Waals surface area contributed by atoms with Crippen molar-refractivity contribution in [3.8, 4) is 0 Å². The highest BCUT2D eigenvalue weighted by Crippen LogP contribution is 2.22. The van der Waals surface area contributed by atoms with Gasteiger partial charge in [-0.2, -0.15) is 0 Å². The number of hydrogen-bond acceptors (Lipinski definition) is 3. The molecule has 4 heteroatoms. The van der Waals surface area contributed by atoms with Gasteiger partial charge in [-0.1, -0.05) is 0 Å². The largest absolute Gasteiger partial charge is 0.463 e. The number of fused-ring (bicyclic) bond motifs is 1. The van der Waals surface area contributed by atoms with E-state index >= 15 is 0 Å².